The second kappa shape index (κ2) is 7.22. The highest BCUT2D eigenvalue weighted by Crippen LogP contribution is 2.41. The van der Waals surface area contributed by atoms with Gasteiger partial charge in [-0.1, -0.05) is 12.1 Å². The molecular formula is C20H18F3N3O3S. The molecule has 158 valence electrons. The predicted octanol–water partition coefficient (Wildman–Crippen LogP) is 3.49. The number of pyridine rings is 1. The van der Waals surface area contributed by atoms with E-state index in [1.807, 2.05) is 0 Å². The van der Waals surface area contributed by atoms with Gasteiger partial charge in [-0.05, 0) is 41.3 Å². The Labute approximate surface area is 171 Å². The van der Waals surface area contributed by atoms with Crippen LogP contribution in [0.1, 0.15) is 16.7 Å². The Morgan fingerprint density at radius 1 is 1.13 bits per heavy atom. The maximum atomic E-state index is 13.8. The van der Waals surface area contributed by atoms with E-state index in [-0.39, 0.29) is 18.7 Å². The van der Waals surface area contributed by atoms with Gasteiger partial charge in [0.25, 0.3) is 10.2 Å². The Bertz CT molecular complexity index is 1240. The standard InChI is InChI=1S/C20H18F3N3O3S/c1-29-15-4-5-16-18(9-15)25-10-17(20(21,22)23)19(16)13-3-2-12-6-7-26(30(24,27)28)11-14(12)8-13/h2-5,8-10H,6-7,11H2,1H3,(H2,24,27,28). The monoisotopic (exact) mass is 437 g/mol. The zero-order valence-corrected chi connectivity index (χ0v) is 16.7. The summed E-state index contributed by atoms with van der Waals surface area (Å²) in [5, 5.41) is 5.55. The molecule has 1 aromatic heterocycles. The highest BCUT2D eigenvalue weighted by atomic mass is 32.2. The first-order valence-corrected chi connectivity index (χ1v) is 10.5. The van der Waals surface area contributed by atoms with Crippen molar-refractivity contribution in [3.8, 4) is 16.9 Å². The van der Waals surface area contributed by atoms with E-state index < -0.39 is 21.9 Å². The molecule has 30 heavy (non-hydrogen) atoms. The van der Waals surface area contributed by atoms with Crippen LogP contribution in [0.15, 0.2) is 42.6 Å². The van der Waals surface area contributed by atoms with Gasteiger partial charge in [-0.2, -0.15) is 25.9 Å². The number of methoxy groups -OCH3 is 1. The second-order valence-corrected chi connectivity index (χ2v) is 8.59. The second-order valence-electron chi connectivity index (χ2n) is 7.04. The van der Waals surface area contributed by atoms with Gasteiger partial charge in [0.05, 0.1) is 18.2 Å². The van der Waals surface area contributed by atoms with Crippen molar-refractivity contribution in [2.24, 2.45) is 5.14 Å². The normalized spacial score (nSPS) is 15.2. The number of nitrogens with two attached hydrogens (primary N) is 1. The number of aromatic nitrogens is 1. The average Bonchev–Trinajstić information content (AvgIpc) is 2.70. The Balaban J connectivity index is 1.92. The summed E-state index contributed by atoms with van der Waals surface area (Å²) < 4.78 is 71.1. The van der Waals surface area contributed by atoms with E-state index in [0.29, 0.717) is 34.2 Å². The van der Waals surface area contributed by atoms with Crippen molar-refractivity contribution in [1.29, 1.82) is 0 Å². The van der Waals surface area contributed by atoms with Crippen molar-refractivity contribution < 1.29 is 26.3 Å². The molecule has 1 aliphatic rings. The van der Waals surface area contributed by atoms with Crippen LogP contribution in [0.25, 0.3) is 22.0 Å². The molecular weight excluding hydrogens is 419 g/mol. The van der Waals surface area contributed by atoms with Crippen LogP contribution in [-0.2, 0) is 29.4 Å². The molecule has 0 atom stereocenters. The molecule has 0 bridgehead atoms. The first kappa shape index (κ1) is 20.6. The Hall–Kier alpha value is -2.69. The van der Waals surface area contributed by atoms with Crippen LogP contribution in [0.4, 0.5) is 13.2 Å². The van der Waals surface area contributed by atoms with Gasteiger partial charge in [-0.15, -0.1) is 0 Å². The number of benzene rings is 2. The van der Waals surface area contributed by atoms with E-state index in [4.69, 9.17) is 9.88 Å². The number of alkyl halides is 3. The van der Waals surface area contributed by atoms with E-state index >= 15 is 0 Å². The number of rotatable bonds is 3. The molecule has 6 nitrogen and oxygen atoms in total. The summed E-state index contributed by atoms with van der Waals surface area (Å²) >= 11 is 0. The van der Waals surface area contributed by atoms with Crippen LogP contribution in [0, 0.1) is 0 Å². The minimum Gasteiger partial charge on any atom is -0.497 e. The van der Waals surface area contributed by atoms with Crippen molar-refractivity contribution in [2.75, 3.05) is 13.7 Å². The van der Waals surface area contributed by atoms with Gasteiger partial charge >= 0.3 is 6.18 Å². The van der Waals surface area contributed by atoms with E-state index in [9.17, 15) is 21.6 Å². The number of ether oxygens (including phenoxy) is 1. The first-order valence-electron chi connectivity index (χ1n) is 9.02. The summed E-state index contributed by atoms with van der Waals surface area (Å²) in [4.78, 5) is 3.97. The van der Waals surface area contributed by atoms with E-state index in [2.05, 4.69) is 4.98 Å². The molecule has 0 saturated carbocycles. The van der Waals surface area contributed by atoms with Crippen molar-refractivity contribution in [3.05, 3.63) is 59.3 Å². The number of halogens is 3. The van der Waals surface area contributed by atoms with Crippen molar-refractivity contribution in [2.45, 2.75) is 19.1 Å². The zero-order valence-electron chi connectivity index (χ0n) is 15.9. The highest BCUT2D eigenvalue weighted by Gasteiger charge is 2.35. The van der Waals surface area contributed by atoms with Gasteiger partial charge in [0.1, 0.15) is 5.75 Å². The van der Waals surface area contributed by atoms with Gasteiger partial charge in [0.15, 0.2) is 0 Å². The van der Waals surface area contributed by atoms with Crippen LogP contribution in [0.3, 0.4) is 0 Å². The largest absolute Gasteiger partial charge is 0.497 e. The van der Waals surface area contributed by atoms with Crippen LogP contribution in [-0.4, -0.2) is 31.4 Å². The Morgan fingerprint density at radius 2 is 1.90 bits per heavy atom. The third-order valence-electron chi connectivity index (χ3n) is 5.21. The van der Waals surface area contributed by atoms with Gasteiger partial charge in [0, 0.05) is 36.3 Å². The molecule has 0 spiro atoms. The quantitative estimate of drug-likeness (QED) is 0.680. The van der Waals surface area contributed by atoms with Crippen LogP contribution in [0.2, 0.25) is 0 Å². The molecule has 0 unspecified atom stereocenters. The number of fused-ring (bicyclic) bond motifs is 2. The summed E-state index contributed by atoms with van der Waals surface area (Å²) in [6, 6.07) is 9.65. The van der Waals surface area contributed by atoms with E-state index in [1.54, 1.807) is 36.4 Å². The maximum absolute atomic E-state index is 13.8. The summed E-state index contributed by atoms with van der Waals surface area (Å²) in [5.41, 5.74) is 1.33. The van der Waals surface area contributed by atoms with Crippen molar-refractivity contribution in [1.82, 2.24) is 9.29 Å². The molecule has 2 N–H and O–H groups in total. The summed E-state index contributed by atoms with van der Waals surface area (Å²) in [6.07, 6.45) is -3.36. The molecule has 0 radical (unpaired) electrons. The van der Waals surface area contributed by atoms with E-state index in [0.717, 1.165) is 16.1 Å². The lowest BCUT2D eigenvalue weighted by Gasteiger charge is -2.27. The lowest BCUT2D eigenvalue weighted by Crippen LogP contribution is -2.40. The van der Waals surface area contributed by atoms with Crippen molar-refractivity contribution in [3.63, 3.8) is 0 Å². The fourth-order valence-electron chi connectivity index (χ4n) is 3.73. The van der Waals surface area contributed by atoms with Gasteiger partial charge in [-0.3, -0.25) is 4.98 Å². The predicted molar refractivity (Wildman–Crippen MR) is 106 cm³/mol. The minimum absolute atomic E-state index is 0.00863. The topological polar surface area (TPSA) is 85.5 Å². The Morgan fingerprint density at radius 3 is 2.57 bits per heavy atom. The summed E-state index contributed by atoms with van der Waals surface area (Å²) in [7, 11) is -2.43. The molecule has 0 fully saturated rings. The molecule has 0 saturated heterocycles. The van der Waals surface area contributed by atoms with E-state index in [1.165, 1.54) is 7.11 Å². The summed E-state index contributed by atoms with van der Waals surface area (Å²) in [5.74, 6) is 0.481. The molecule has 3 aromatic rings. The third-order valence-corrected chi connectivity index (χ3v) is 6.25. The molecule has 0 aliphatic carbocycles. The fourth-order valence-corrected chi connectivity index (χ4v) is 4.40. The molecule has 2 heterocycles. The Kier molecular flexibility index (Phi) is 4.95. The van der Waals surface area contributed by atoms with Crippen molar-refractivity contribution >= 4 is 21.1 Å². The number of nitrogens with zero attached hydrogens (tertiary/aromatic N) is 2. The third kappa shape index (κ3) is 3.73. The molecule has 0 amide bonds. The fraction of sp³-hybridized carbons (Fsp3) is 0.250. The SMILES string of the molecule is COc1ccc2c(-c3ccc4c(c3)CN(S(N)(=O)=O)CC4)c(C(F)(F)F)cnc2c1. The molecule has 1 aliphatic heterocycles. The number of hydrogen-bond acceptors (Lipinski definition) is 4. The van der Waals surface area contributed by atoms with Crippen LogP contribution in [0.5, 0.6) is 5.75 Å². The average molecular weight is 437 g/mol. The smallest absolute Gasteiger partial charge is 0.418 e. The lowest BCUT2D eigenvalue weighted by atomic mass is 9.91. The molecule has 10 heteroatoms. The molecule has 4 rings (SSSR count). The van der Waals surface area contributed by atoms with Crippen LogP contribution < -0.4 is 9.88 Å². The van der Waals surface area contributed by atoms with Gasteiger partial charge in [0.2, 0.25) is 0 Å². The first-order chi connectivity index (χ1) is 14.1. The minimum atomic E-state index is -4.61. The molecule has 2 aromatic carbocycles. The highest BCUT2D eigenvalue weighted by molar-refractivity contribution is 7.86. The summed E-state index contributed by atoms with van der Waals surface area (Å²) in [6.45, 7) is 0.247. The maximum Gasteiger partial charge on any atom is 0.418 e. The lowest BCUT2D eigenvalue weighted by molar-refractivity contribution is -0.137. The van der Waals surface area contributed by atoms with Gasteiger partial charge in [-0.25, -0.2) is 5.14 Å². The van der Waals surface area contributed by atoms with Crippen LogP contribution >= 0.6 is 0 Å². The number of hydrogen-bond donors (Lipinski definition) is 1. The van der Waals surface area contributed by atoms with Gasteiger partial charge < -0.3 is 4.74 Å². The zero-order chi connectivity index (χ0) is 21.7.